The molecule has 0 saturated carbocycles. The summed E-state index contributed by atoms with van der Waals surface area (Å²) in [5.41, 5.74) is 0.918. The molecule has 0 amide bonds. The Morgan fingerprint density at radius 2 is 2.06 bits per heavy atom. The van der Waals surface area contributed by atoms with Crippen LogP contribution in [0.3, 0.4) is 0 Å². The van der Waals surface area contributed by atoms with Gasteiger partial charge in [-0.2, -0.15) is 5.10 Å². The summed E-state index contributed by atoms with van der Waals surface area (Å²) in [6.07, 6.45) is 2.08. The zero-order chi connectivity index (χ0) is 13.0. The van der Waals surface area contributed by atoms with Crippen LogP contribution in [0.15, 0.2) is 41.4 Å². The Balaban J connectivity index is 1.81. The van der Waals surface area contributed by atoms with E-state index in [-0.39, 0.29) is 6.10 Å². The molecule has 0 bridgehead atoms. The van der Waals surface area contributed by atoms with E-state index in [2.05, 4.69) is 5.10 Å². The van der Waals surface area contributed by atoms with Gasteiger partial charge >= 0.3 is 0 Å². The number of aliphatic hydroxyl groups is 1. The van der Waals surface area contributed by atoms with Crippen LogP contribution in [0, 0.1) is 0 Å². The van der Waals surface area contributed by atoms with Crippen molar-refractivity contribution >= 4 is 23.4 Å². The number of aliphatic hydroxyl groups excluding tert-OH is 1. The summed E-state index contributed by atoms with van der Waals surface area (Å²) >= 11 is 7.43. The van der Waals surface area contributed by atoms with Gasteiger partial charge in [0, 0.05) is 35.3 Å². The van der Waals surface area contributed by atoms with Gasteiger partial charge in [-0.1, -0.05) is 11.6 Å². The Kier molecular flexibility index (Phi) is 4.69. The highest BCUT2D eigenvalue weighted by molar-refractivity contribution is 7.99. The van der Waals surface area contributed by atoms with Gasteiger partial charge in [0.25, 0.3) is 0 Å². The van der Waals surface area contributed by atoms with Gasteiger partial charge in [-0.05, 0) is 30.3 Å². The first kappa shape index (κ1) is 13.5. The number of benzene rings is 1. The molecule has 1 aromatic heterocycles. The first-order valence-corrected chi connectivity index (χ1v) is 7.05. The average Bonchev–Trinajstić information content (AvgIpc) is 2.74. The van der Waals surface area contributed by atoms with Crippen molar-refractivity contribution in [2.75, 3.05) is 5.75 Å². The fraction of sp³-hybridized carbons (Fsp3) is 0.308. The van der Waals surface area contributed by atoms with Crippen molar-refractivity contribution in [2.45, 2.75) is 17.4 Å². The van der Waals surface area contributed by atoms with Crippen molar-refractivity contribution in [3.05, 3.63) is 47.2 Å². The van der Waals surface area contributed by atoms with E-state index in [1.165, 1.54) is 0 Å². The van der Waals surface area contributed by atoms with Crippen molar-refractivity contribution in [3.8, 4) is 0 Å². The minimum Gasteiger partial charge on any atom is -0.392 e. The third kappa shape index (κ3) is 4.05. The van der Waals surface area contributed by atoms with Gasteiger partial charge in [-0.15, -0.1) is 11.8 Å². The van der Waals surface area contributed by atoms with Crippen LogP contribution in [0.5, 0.6) is 0 Å². The molecule has 0 spiro atoms. The highest BCUT2D eigenvalue weighted by Crippen LogP contribution is 2.21. The van der Waals surface area contributed by atoms with E-state index in [1.807, 2.05) is 43.6 Å². The number of aryl methyl sites for hydroxylation is 1. The van der Waals surface area contributed by atoms with Crippen molar-refractivity contribution in [1.29, 1.82) is 0 Å². The molecule has 2 rings (SSSR count). The van der Waals surface area contributed by atoms with Crippen LogP contribution in [0.2, 0.25) is 5.02 Å². The molecule has 96 valence electrons. The summed E-state index contributed by atoms with van der Waals surface area (Å²) in [7, 11) is 1.87. The van der Waals surface area contributed by atoms with E-state index in [0.717, 1.165) is 15.6 Å². The van der Waals surface area contributed by atoms with Crippen molar-refractivity contribution in [3.63, 3.8) is 0 Å². The first-order chi connectivity index (χ1) is 8.63. The van der Waals surface area contributed by atoms with Crippen LogP contribution in [0.4, 0.5) is 0 Å². The maximum Gasteiger partial charge on any atom is 0.0690 e. The molecule has 1 aromatic carbocycles. The van der Waals surface area contributed by atoms with E-state index in [0.29, 0.717) is 12.2 Å². The Morgan fingerprint density at radius 3 is 2.67 bits per heavy atom. The molecule has 1 atom stereocenters. The van der Waals surface area contributed by atoms with Crippen LogP contribution in [-0.4, -0.2) is 26.7 Å². The predicted octanol–water partition coefficient (Wildman–Crippen LogP) is 2.77. The number of hydrogen-bond donors (Lipinski definition) is 1. The monoisotopic (exact) mass is 282 g/mol. The Labute approximate surface area is 116 Å². The third-order valence-electron chi connectivity index (χ3n) is 2.47. The van der Waals surface area contributed by atoms with Crippen molar-refractivity contribution in [1.82, 2.24) is 9.78 Å². The van der Waals surface area contributed by atoms with Gasteiger partial charge in [0.05, 0.1) is 11.8 Å². The molecule has 18 heavy (non-hydrogen) atoms. The molecular weight excluding hydrogens is 268 g/mol. The summed E-state index contributed by atoms with van der Waals surface area (Å²) in [5, 5.41) is 14.9. The number of thioether (sulfide) groups is 1. The maximum atomic E-state index is 9.93. The van der Waals surface area contributed by atoms with Crippen LogP contribution in [0.25, 0.3) is 0 Å². The number of halogens is 1. The quantitative estimate of drug-likeness (QED) is 0.857. The molecule has 0 fully saturated rings. The van der Waals surface area contributed by atoms with Gasteiger partial charge in [-0.3, -0.25) is 4.68 Å². The first-order valence-electron chi connectivity index (χ1n) is 5.68. The molecule has 5 heteroatoms. The van der Waals surface area contributed by atoms with E-state index in [4.69, 9.17) is 11.6 Å². The summed E-state index contributed by atoms with van der Waals surface area (Å²) < 4.78 is 1.74. The molecule has 1 heterocycles. The minimum absolute atomic E-state index is 0.388. The van der Waals surface area contributed by atoms with Crippen LogP contribution >= 0.6 is 23.4 Å². The van der Waals surface area contributed by atoms with E-state index < -0.39 is 0 Å². The van der Waals surface area contributed by atoms with E-state index >= 15 is 0 Å². The second-order valence-corrected chi connectivity index (χ2v) is 5.63. The molecule has 2 aromatic rings. The van der Waals surface area contributed by atoms with E-state index in [9.17, 15) is 5.11 Å². The minimum atomic E-state index is -0.388. The highest BCUT2D eigenvalue weighted by atomic mass is 35.5. The summed E-state index contributed by atoms with van der Waals surface area (Å²) in [6.45, 7) is 0. The highest BCUT2D eigenvalue weighted by Gasteiger charge is 2.08. The lowest BCUT2D eigenvalue weighted by atomic mass is 10.2. The van der Waals surface area contributed by atoms with Gasteiger partial charge < -0.3 is 5.11 Å². The normalized spacial score (nSPS) is 12.6. The van der Waals surface area contributed by atoms with E-state index in [1.54, 1.807) is 16.4 Å². The zero-order valence-corrected chi connectivity index (χ0v) is 11.7. The fourth-order valence-corrected chi connectivity index (χ4v) is 2.55. The fourth-order valence-electron chi connectivity index (χ4n) is 1.60. The smallest absolute Gasteiger partial charge is 0.0690 e. The van der Waals surface area contributed by atoms with Crippen LogP contribution in [0.1, 0.15) is 5.69 Å². The molecule has 1 N–H and O–H groups in total. The number of aromatic nitrogens is 2. The molecule has 0 aliphatic carbocycles. The second-order valence-electron chi connectivity index (χ2n) is 4.10. The maximum absolute atomic E-state index is 9.93. The molecular formula is C13H15ClN2OS. The predicted molar refractivity (Wildman–Crippen MR) is 75.1 cm³/mol. The largest absolute Gasteiger partial charge is 0.392 e. The van der Waals surface area contributed by atoms with Gasteiger partial charge in [0.1, 0.15) is 0 Å². The SMILES string of the molecule is Cn1ccc(CC(O)CSc2ccc(Cl)cc2)n1. The Hall–Kier alpha value is -0.970. The zero-order valence-electron chi connectivity index (χ0n) is 10.1. The Bertz CT molecular complexity index is 498. The molecule has 0 aliphatic rings. The topological polar surface area (TPSA) is 38.0 Å². The summed E-state index contributed by atoms with van der Waals surface area (Å²) in [6, 6.07) is 9.56. The molecule has 1 unspecified atom stereocenters. The third-order valence-corrected chi connectivity index (χ3v) is 3.88. The lowest BCUT2D eigenvalue weighted by Gasteiger charge is -2.08. The van der Waals surface area contributed by atoms with Crippen molar-refractivity contribution in [2.24, 2.45) is 7.05 Å². The molecule has 0 saturated heterocycles. The second kappa shape index (κ2) is 6.27. The average molecular weight is 283 g/mol. The van der Waals surface area contributed by atoms with Gasteiger partial charge in [0.2, 0.25) is 0 Å². The van der Waals surface area contributed by atoms with Crippen LogP contribution < -0.4 is 0 Å². The van der Waals surface area contributed by atoms with Gasteiger partial charge in [0.15, 0.2) is 0 Å². The molecule has 0 aliphatic heterocycles. The lowest BCUT2D eigenvalue weighted by molar-refractivity contribution is 0.198. The standard InChI is InChI=1S/C13H15ClN2OS/c1-16-7-6-11(15-16)8-12(17)9-18-13-4-2-10(14)3-5-13/h2-7,12,17H,8-9H2,1H3. The molecule has 0 radical (unpaired) electrons. The lowest BCUT2D eigenvalue weighted by Crippen LogP contribution is -2.14. The summed E-state index contributed by atoms with van der Waals surface area (Å²) in [4.78, 5) is 1.11. The van der Waals surface area contributed by atoms with Crippen LogP contribution in [-0.2, 0) is 13.5 Å². The number of nitrogens with zero attached hydrogens (tertiary/aromatic N) is 2. The Morgan fingerprint density at radius 1 is 1.33 bits per heavy atom. The van der Waals surface area contributed by atoms with Gasteiger partial charge in [-0.25, -0.2) is 0 Å². The summed E-state index contributed by atoms with van der Waals surface area (Å²) in [5.74, 6) is 0.651. The number of rotatable bonds is 5. The van der Waals surface area contributed by atoms with Crippen molar-refractivity contribution < 1.29 is 5.11 Å². The number of hydrogen-bond acceptors (Lipinski definition) is 3. The molecule has 3 nitrogen and oxygen atoms in total.